The van der Waals surface area contributed by atoms with Gasteiger partial charge in [-0.1, -0.05) is 25.1 Å². The van der Waals surface area contributed by atoms with Gasteiger partial charge in [-0.05, 0) is 49.4 Å². The van der Waals surface area contributed by atoms with Crippen molar-refractivity contribution in [3.63, 3.8) is 0 Å². The molecule has 1 N–H and O–H groups in total. The quantitative estimate of drug-likeness (QED) is 0.770. The lowest BCUT2D eigenvalue weighted by atomic mass is 10.0. The Balaban J connectivity index is 2.18. The zero-order chi connectivity index (χ0) is 9.97. The van der Waals surface area contributed by atoms with E-state index in [9.17, 15) is 0 Å². The molecule has 1 aromatic carbocycles. The van der Waals surface area contributed by atoms with E-state index in [-0.39, 0.29) is 0 Å². The third-order valence-electron chi connectivity index (χ3n) is 3.15. The predicted molar refractivity (Wildman–Crippen MR) is 60.5 cm³/mol. The van der Waals surface area contributed by atoms with Crippen LogP contribution in [0.15, 0.2) is 18.2 Å². The van der Waals surface area contributed by atoms with Crippen LogP contribution in [0.2, 0.25) is 0 Å². The Morgan fingerprint density at radius 1 is 1.43 bits per heavy atom. The molecule has 1 aromatic rings. The van der Waals surface area contributed by atoms with Gasteiger partial charge in [0, 0.05) is 6.04 Å². The van der Waals surface area contributed by atoms with E-state index in [1.807, 2.05) is 0 Å². The Morgan fingerprint density at radius 3 is 3.07 bits per heavy atom. The highest BCUT2D eigenvalue weighted by molar-refractivity contribution is 5.40. The van der Waals surface area contributed by atoms with Crippen molar-refractivity contribution in [1.82, 2.24) is 5.32 Å². The first-order valence-corrected chi connectivity index (χ1v) is 5.64. The number of aryl methyl sites for hydroxylation is 1. The number of rotatable bonds is 3. The second-order valence-corrected chi connectivity index (χ2v) is 4.19. The van der Waals surface area contributed by atoms with Gasteiger partial charge in [-0.15, -0.1) is 0 Å². The highest BCUT2D eigenvalue weighted by Crippen LogP contribution is 2.32. The van der Waals surface area contributed by atoms with Gasteiger partial charge in [0.1, 0.15) is 0 Å². The Kier molecular flexibility index (Phi) is 2.87. The second-order valence-electron chi connectivity index (χ2n) is 4.19. The van der Waals surface area contributed by atoms with Crippen molar-refractivity contribution in [3.8, 4) is 0 Å². The van der Waals surface area contributed by atoms with E-state index < -0.39 is 0 Å². The molecule has 0 bridgehead atoms. The van der Waals surface area contributed by atoms with Crippen LogP contribution in [-0.2, 0) is 6.42 Å². The summed E-state index contributed by atoms with van der Waals surface area (Å²) < 4.78 is 0. The normalized spacial score (nSPS) is 19.7. The molecule has 14 heavy (non-hydrogen) atoms. The van der Waals surface area contributed by atoms with Gasteiger partial charge in [0.25, 0.3) is 0 Å². The molecule has 0 spiro atoms. The minimum absolute atomic E-state index is 0.616. The fourth-order valence-electron chi connectivity index (χ4n) is 2.37. The highest BCUT2D eigenvalue weighted by atomic mass is 14.9. The molecule has 0 aromatic heterocycles. The Morgan fingerprint density at radius 2 is 2.29 bits per heavy atom. The van der Waals surface area contributed by atoms with Gasteiger partial charge in [-0.3, -0.25) is 0 Å². The van der Waals surface area contributed by atoms with Crippen LogP contribution >= 0.6 is 0 Å². The van der Waals surface area contributed by atoms with Crippen LogP contribution in [-0.4, -0.2) is 6.54 Å². The molecule has 0 aliphatic heterocycles. The Labute approximate surface area is 86.5 Å². The van der Waals surface area contributed by atoms with Gasteiger partial charge in [0.2, 0.25) is 0 Å². The molecule has 1 atom stereocenters. The van der Waals surface area contributed by atoms with E-state index in [0.717, 1.165) is 6.54 Å². The van der Waals surface area contributed by atoms with E-state index in [1.165, 1.54) is 24.8 Å². The third-order valence-corrected chi connectivity index (χ3v) is 3.15. The fourth-order valence-corrected chi connectivity index (χ4v) is 2.37. The number of nitrogens with one attached hydrogen (secondary N) is 1. The first-order valence-electron chi connectivity index (χ1n) is 5.64. The first kappa shape index (κ1) is 9.72. The maximum absolute atomic E-state index is 3.61. The van der Waals surface area contributed by atoms with E-state index in [1.54, 1.807) is 11.1 Å². The molecule has 1 unspecified atom stereocenters. The number of hydrogen-bond donors (Lipinski definition) is 1. The van der Waals surface area contributed by atoms with Gasteiger partial charge in [-0.2, -0.15) is 0 Å². The lowest BCUT2D eigenvalue weighted by Crippen LogP contribution is -2.19. The molecule has 1 nitrogen and oxygen atoms in total. The molecule has 0 radical (unpaired) electrons. The molecule has 0 saturated heterocycles. The first-order chi connectivity index (χ1) is 6.83. The van der Waals surface area contributed by atoms with E-state index in [0.29, 0.717) is 6.04 Å². The molecule has 1 aliphatic carbocycles. The molecule has 1 aliphatic rings. The monoisotopic (exact) mass is 189 g/mol. The number of hydrogen-bond acceptors (Lipinski definition) is 1. The molecule has 0 amide bonds. The average Bonchev–Trinajstić information content (AvgIpc) is 2.60. The largest absolute Gasteiger partial charge is 0.310 e. The van der Waals surface area contributed by atoms with E-state index >= 15 is 0 Å². The van der Waals surface area contributed by atoms with Crippen molar-refractivity contribution in [3.05, 3.63) is 34.9 Å². The summed E-state index contributed by atoms with van der Waals surface area (Å²) in [6.45, 7) is 5.58. The number of benzene rings is 1. The van der Waals surface area contributed by atoms with Gasteiger partial charge in [0.05, 0.1) is 0 Å². The van der Waals surface area contributed by atoms with Crippen molar-refractivity contribution in [2.45, 2.75) is 39.2 Å². The van der Waals surface area contributed by atoms with Crippen LogP contribution < -0.4 is 5.32 Å². The molecular weight excluding hydrogens is 170 g/mol. The third kappa shape index (κ3) is 1.69. The Hall–Kier alpha value is -0.820. The lowest BCUT2D eigenvalue weighted by molar-refractivity contribution is 0.529. The summed E-state index contributed by atoms with van der Waals surface area (Å²) in [7, 11) is 0. The lowest BCUT2D eigenvalue weighted by Gasteiger charge is -2.13. The minimum Gasteiger partial charge on any atom is -0.310 e. The summed E-state index contributed by atoms with van der Waals surface area (Å²) in [4.78, 5) is 0. The molecular formula is C13H19N. The molecule has 0 fully saturated rings. The summed E-state index contributed by atoms with van der Waals surface area (Å²) in [5.74, 6) is 0. The van der Waals surface area contributed by atoms with Crippen molar-refractivity contribution in [1.29, 1.82) is 0 Å². The molecule has 2 rings (SSSR count). The van der Waals surface area contributed by atoms with Crippen molar-refractivity contribution >= 4 is 0 Å². The summed E-state index contributed by atoms with van der Waals surface area (Å²) in [6.07, 6.45) is 3.75. The predicted octanol–water partition coefficient (Wildman–Crippen LogP) is 2.98. The Bertz CT molecular complexity index is 317. The van der Waals surface area contributed by atoms with Gasteiger partial charge >= 0.3 is 0 Å². The van der Waals surface area contributed by atoms with Gasteiger partial charge in [0.15, 0.2) is 0 Å². The summed E-state index contributed by atoms with van der Waals surface area (Å²) >= 11 is 0. The van der Waals surface area contributed by atoms with E-state index in [2.05, 4.69) is 37.4 Å². The fraction of sp³-hybridized carbons (Fsp3) is 0.538. The average molecular weight is 189 g/mol. The van der Waals surface area contributed by atoms with Crippen LogP contribution in [0, 0.1) is 6.92 Å². The molecule has 76 valence electrons. The standard InChI is InChI=1S/C13H19N/c1-3-9-14-13-8-7-11-10(2)5-4-6-12(11)13/h4-6,13-14H,3,7-9H2,1-2H3. The van der Waals surface area contributed by atoms with Crippen LogP contribution in [0.1, 0.15) is 42.5 Å². The molecule has 0 saturated carbocycles. The summed E-state index contributed by atoms with van der Waals surface area (Å²) in [5.41, 5.74) is 4.59. The smallest absolute Gasteiger partial charge is 0.0326 e. The van der Waals surface area contributed by atoms with Crippen molar-refractivity contribution in [2.75, 3.05) is 6.54 Å². The maximum atomic E-state index is 3.61. The minimum atomic E-state index is 0.616. The van der Waals surface area contributed by atoms with E-state index in [4.69, 9.17) is 0 Å². The zero-order valence-corrected chi connectivity index (χ0v) is 9.14. The molecule has 0 heterocycles. The highest BCUT2D eigenvalue weighted by Gasteiger charge is 2.22. The number of fused-ring (bicyclic) bond motifs is 1. The zero-order valence-electron chi connectivity index (χ0n) is 9.14. The molecule has 1 heteroatoms. The van der Waals surface area contributed by atoms with Crippen LogP contribution in [0.3, 0.4) is 0 Å². The second kappa shape index (κ2) is 4.14. The summed E-state index contributed by atoms with van der Waals surface area (Å²) in [5, 5.41) is 3.61. The topological polar surface area (TPSA) is 12.0 Å². The van der Waals surface area contributed by atoms with Crippen LogP contribution in [0.5, 0.6) is 0 Å². The van der Waals surface area contributed by atoms with Gasteiger partial charge < -0.3 is 5.32 Å². The SMILES string of the molecule is CCCNC1CCc2c(C)cccc21. The van der Waals surface area contributed by atoms with Crippen molar-refractivity contribution < 1.29 is 0 Å². The van der Waals surface area contributed by atoms with Crippen molar-refractivity contribution in [2.24, 2.45) is 0 Å². The van der Waals surface area contributed by atoms with Gasteiger partial charge in [-0.25, -0.2) is 0 Å². The van der Waals surface area contributed by atoms with Crippen LogP contribution in [0.25, 0.3) is 0 Å². The van der Waals surface area contributed by atoms with Crippen LogP contribution in [0.4, 0.5) is 0 Å². The maximum Gasteiger partial charge on any atom is 0.0326 e. The summed E-state index contributed by atoms with van der Waals surface area (Å²) in [6, 6.07) is 7.30.